The third-order valence-corrected chi connectivity index (χ3v) is 0. The molecule has 0 aromatic carbocycles. The molecule has 0 unspecified atom stereocenters. The molecule has 0 nitrogen and oxygen atoms in total. The van der Waals surface area contributed by atoms with Crippen molar-refractivity contribution >= 4 is 17.4 Å². The zero-order chi connectivity index (χ0) is 0. The quantitative estimate of drug-likeness (QED) is 0.308. The van der Waals surface area contributed by atoms with Crippen molar-refractivity contribution in [2.75, 3.05) is 0 Å². The Kier molecular flexibility index (Phi) is 2260000. The lowest BCUT2D eigenvalue weighted by Crippen LogP contribution is -0.381. The van der Waals surface area contributed by atoms with Crippen LogP contribution in [0.25, 0.3) is 0 Å². The summed E-state index contributed by atoms with van der Waals surface area (Å²) in [6.07, 6.45) is 0. The smallest absolute Gasteiger partial charge is 0.187 e. The van der Waals surface area contributed by atoms with E-state index in [0.717, 1.165) is 0 Å². The zero-order valence-electron chi connectivity index (χ0n) is 2.04. The van der Waals surface area contributed by atoms with E-state index in [2.05, 4.69) is 0 Å². The third kappa shape index (κ3) is 1270. The molecule has 0 amide bonds. The summed E-state index contributed by atoms with van der Waals surface area (Å²) < 4.78 is 0. The van der Waals surface area contributed by atoms with Crippen LogP contribution >= 0.6 is 0 Å². The van der Waals surface area contributed by atoms with Crippen LogP contribution in [0.2, 0.25) is 0 Å². The molecule has 6 heteroatoms. The molecule has 0 saturated carbocycles. The Morgan fingerprint density at radius 3 is 0.333 bits per heavy atom. The Bertz CT molecular complexity index is 3.90. The van der Waals surface area contributed by atoms with E-state index in [9.17, 15) is 0 Å². The molecule has 0 aliphatic rings. The lowest BCUT2D eigenvalue weighted by molar-refractivity contribution is 1.11. The first-order valence-electron chi connectivity index (χ1n) is 0. The van der Waals surface area contributed by atoms with Gasteiger partial charge in [-0.3, -0.25) is 23.5 Å². The van der Waals surface area contributed by atoms with Crippen LogP contribution in [0.4, 0.5) is 23.5 Å². The molecule has 0 fully saturated rings. The highest BCUT2D eigenvalue weighted by Crippen LogP contribution is 0.424. The predicted octanol–water partition coefficient (Wildman–Crippen LogP) is -0.421. The lowest BCUT2D eigenvalue weighted by atomic mass is 19.0. The fourth-order valence-electron chi connectivity index (χ4n) is 0. The van der Waals surface area contributed by atoms with Gasteiger partial charge < -0.3 is 0 Å². The Labute approximate surface area is 41.9 Å². The van der Waals surface area contributed by atoms with Crippen molar-refractivity contribution in [2.24, 2.45) is 0 Å². The van der Waals surface area contributed by atoms with Gasteiger partial charge in [0.15, 0.2) is 17.4 Å². The Balaban J connectivity index is 0. The van der Waals surface area contributed by atoms with Gasteiger partial charge in [-0.25, -0.2) is 0 Å². The van der Waals surface area contributed by atoms with Gasteiger partial charge in [0, 0.05) is 0 Å². The van der Waals surface area contributed by atoms with Gasteiger partial charge in [0.05, 0.1) is 0 Å². The normalized spacial score (nSPS) is 0. The standard InChI is InChI=1S/Al.5FH.3H/h;5*1H;;;. The number of hydrogen-bond donors (Lipinski definition) is 0. The first-order chi connectivity index (χ1) is 0. The largest absolute Gasteiger partial charge is 0.269 e. The Morgan fingerprint density at radius 1 is 0.333 bits per heavy atom. The second kappa shape index (κ2) is 2720. The maximum atomic E-state index is 0. The van der Waals surface area contributed by atoms with Crippen LogP contribution in [-0.2, 0) is 0 Å². The summed E-state index contributed by atoms with van der Waals surface area (Å²) in [6.45, 7) is 0. The van der Waals surface area contributed by atoms with Gasteiger partial charge in [-0.05, 0) is 0 Å². The minimum absolute atomic E-state index is 0. The van der Waals surface area contributed by atoms with E-state index >= 15 is 0 Å². The topological polar surface area (TPSA) is 0 Å². The molecule has 0 heterocycles. The van der Waals surface area contributed by atoms with Crippen molar-refractivity contribution in [3.8, 4) is 0 Å². The molecule has 0 aromatic rings. The van der Waals surface area contributed by atoms with Crippen LogP contribution in [0.1, 0.15) is 0 Å². The second-order valence-corrected chi connectivity index (χ2v) is 0. The first kappa shape index (κ1) is 4990. The molecule has 0 bridgehead atoms. The van der Waals surface area contributed by atoms with Gasteiger partial charge in [0.2, 0.25) is 0 Å². The molecule has 46 valence electrons. The molecule has 6 heavy (non-hydrogen) atoms. The minimum atomic E-state index is 0. The van der Waals surface area contributed by atoms with E-state index < -0.39 is 0 Å². The molecule has 0 N–H and O–H groups in total. The van der Waals surface area contributed by atoms with E-state index in [1.807, 2.05) is 0 Å². The van der Waals surface area contributed by atoms with Gasteiger partial charge in [0.25, 0.3) is 0 Å². The number of halogens is 5. The molecule has 0 saturated heterocycles. The molecular formula is H8AlF5. The minimum Gasteiger partial charge on any atom is -0.269 e. The summed E-state index contributed by atoms with van der Waals surface area (Å²) in [7, 11) is 0. The van der Waals surface area contributed by atoms with Crippen molar-refractivity contribution in [3.05, 3.63) is 0 Å². The molecule has 0 atom stereocenters. The van der Waals surface area contributed by atoms with Gasteiger partial charge in [0.1, 0.15) is 0 Å². The van der Waals surface area contributed by atoms with Gasteiger partial charge in [-0.15, -0.1) is 0 Å². The highest BCUT2D eigenvalue weighted by atomic mass is 27.0. The van der Waals surface area contributed by atoms with Crippen LogP contribution in [0, 0.1) is 0 Å². The van der Waals surface area contributed by atoms with Crippen LogP contribution in [0.15, 0.2) is 0 Å². The van der Waals surface area contributed by atoms with Crippen LogP contribution in [0.5, 0.6) is 0 Å². The average molecular weight is 130 g/mol. The SMILES string of the molecule is F.F.F.F.F.[AlH3]. The molecular weight excluding hydrogens is 122 g/mol. The highest BCUT2D eigenvalue weighted by molar-refractivity contribution is 5.75. The summed E-state index contributed by atoms with van der Waals surface area (Å²) in [5.74, 6) is 0. The van der Waals surface area contributed by atoms with Gasteiger partial charge >= 0.3 is 0 Å². The van der Waals surface area contributed by atoms with E-state index in [-0.39, 0.29) is 40.9 Å². The Hall–Kier alpha value is 0.182. The van der Waals surface area contributed by atoms with E-state index in [4.69, 9.17) is 0 Å². The third-order valence-electron chi connectivity index (χ3n) is 0. The summed E-state index contributed by atoms with van der Waals surface area (Å²) in [6, 6.07) is 0. The molecule has 0 radical (unpaired) electrons. The van der Waals surface area contributed by atoms with Crippen molar-refractivity contribution in [3.63, 3.8) is 0 Å². The monoisotopic (exact) mass is 130 g/mol. The summed E-state index contributed by atoms with van der Waals surface area (Å²) in [5.41, 5.74) is 0. The molecule has 0 spiro atoms. The summed E-state index contributed by atoms with van der Waals surface area (Å²) in [4.78, 5) is 0. The van der Waals surface area contributed by atoms with Crippen molar-refractivity contribution in [1.29, 1.82) is 0 Å². The van der Waals surface area contributed by atoms with E-state index in [0.29, 0.717) is 0 Å². The number of rotatable bonds is 0. The van der Waals surface area contributed by atoms with Crippen LogP contribution < -0.4 is 0 Å². The maximum absolute atomic E-state index is 0. The average Bonchev–Trinajstić information content (AvgIpc) is 0. The number of hydrogen-bond acceptors (Lipinski definition) is 0. The summed E-state index contributed by atoms with van der Waals surface area (Å²) >= 11 is 0. The van der Waals surface area contributed by atoms with Crippen molar-refractivity contribution < 1.29 is 23.5 Å². The van der Waals surface area contributed by atoms with E-state index in [1.54, 1.807) is 0 Å². The highest BCUT2D eigenvalue weighted by Gasteiger charge is 0.187. The fraction of sp³-hybridized carbons (Fsp3) is 0. The molecule has 0 rings (SSSR count). The molecule has 0 aliphatic heterocycles. The van der Waals surface area contributed by atoms with Crippen molar-refractivity contribution in [1.82, 2.24) is 0 Å². The lowest BCUT2D eigenvalue weighted by Gasteiger charge is -0.270. The van der Waals surface area contributed by atoms with Crippen molar-refractivity contribution in [2.45, 2.75) is 0 Å². The van der Waals surface area contributed by atoms with Gasteiger partial charge in [-0.1, -0.05) is 0 Å². The van der Waals surface area contributed by atoms with Gasteiger partial charge in [-0.2, -0.15) is 0 Å². The molecule has 0 aromatic heterocycles. The summed E-state index contributed by atoms with van der Waals surface area (Å²) in [5, 5.41) is 0. The maximum Gasteiger partial charge on any atom is 0.187 e. The van der Waals surface area contributed by atoms with Crippen LogP contribution in [-0.4, -0.2) is 17.4 Å². The zero-order valence-corrected chi connectivity index (χ0v) is 2.04. The Morgan fingerprint density at radius 2 is 0.333 bits per heavy atom. The predicted molar refractivity (Wildman–Crippen MR) is 22.5 cm³/mol. The molecule has 0 aliphatic carbocycles. The second-order valence-electron chi connectivity index (χ2n) is 0. The first-order valence-corrected chi connectivity index (χ1v) is 0. The van der Waals surface area contributed by atoms with Crippen LogP contribution in [0.3, 0.4) is 0 Å². The van der Waals surface area contributed by atoms with E-state index in [1.165, 1.54) is 0 Å². The fourth-order valence-corrected chi connectivity index (χ4v) is 0.